The number of methoxy groups -OCH3 is 2. The molecule has 0 saturated carbocycles. The fraction of sp³-hybridized carbons (Fsp3) is 0.583. The molecule has 0 radical (unpaired) electrons. The molecular weight excluding hydrogens is 584 g/mol. The van der Waals surface area contributed by atoms with Crippen molar-refractivity contribution >= 4 is 16.9 Å². The van der Waals surface area contributed by atoms with Crippen molar-refractivity contribution in [2.45, 2.75) is 84.5 Å². The van der Waals surface area contributed by atoms with Crippen LogP contribution in [0.25, 0.3) is 21.9 Å². The van der Waals surface area contributed by atoms with Gasteiger partial charge in [-0.1, -0.05) is 13.3 Å². The molecule has 250 valence electrons. The zero-order valence-corrected chi connectivity index (χ0v) is 28.3. The lowest BCUT2D eigenvalue weighted by atomic mass is 9.95. The van der Waals surface area contributed by atoms with Gasteiger partial charge in [-0.25, -0.2) is 4.79 Å². The number of benzene rings is 1. The SMILES string of the molecule is CCCCn1cc(-c2cc(OC)c(OC3CCN(CC4CCN(C(=O)OC(C)(C)C)CC4)CC3)c(OC)c2)c2ccncc2c1=O. The van der Waals surface area contributed by atoms with Crippen molar-refractivity contribution in [3.8, 4) is 28.4 Å². The van der Waals surface area contributed by atoms with Crippen LogP contribution < -0.4 is 19.8 Å². The lowest BCUT2D eigenvalue weighted by Crippen LogP contribution is -2.45. The molecular formula is C36H50N4O6. The number of rotatable bonds is 10. The Bertz CT molecular complexity index is 1520. The second kappa shape index (κ2) is 14.8. The Kier molecular flexibility index (Phi) is 10.8. The number of fused-ring (bicyclic) bond motifs is 1. The van der Waals surface area contributed by atoms with E-state index in [9.17, 15) is 9.59 Å². The number of carbonyl (C=O) groups excluding carboxylic acids is 1. The molecule has 2 aromatic heterocycles. The van der Waals surface area contributed by atoms with Gasteiger partial charge in [-0.3, -0.25) is 9.78 Å². The Morgan fingerprint density at radius 1 is 0.978 bits per heavy atom. The largest absolute Gasteiger partial charge is 0.493 e. The van der Waals surface area contributed by atoms with Crippen molar-refractivity contribution in [2.75, 3.05) is 46.9 Å². The summed E-state index contributed by atoms with van der Waals surface area (Å²) in [6, 6.07) is 5.83. The summed E-state index contributed by atoms with van der Waals surface area (Å²) in [6.07, 6.45) is 10.9. The van der Waals surface area contributed by atoms with Crippen LogP contribution in [0.5, 0.6) is 17.2 Å². The lowest BCUT2D eigenvalue weighted by Gasteiger charge is -2.38. The van der Waals surface area contributed by atoms with Gasteiger partial charge in [0.05, 0.1) is 19.6 Å². The van der Waals surface area contributed by atoms with Crippen LogP contribution in [0, 0.1) is 5.92 Å². The molecule has 0 N–H and O–H groups in total. The molecule has 2 saturated heterocycles. The summed E-state index contributed by atoms with van der Waals surface area (Å²) in [5.41, 5.74) is 1.30. The number of hydrogen-bond acceptors (Lipinski definition) is 8. The first-order chi connectivity index (χ1) is 22.1. The van der Waals surface area contributed by atoms with Crippen molar-refractivity contribution in [1.29, 1.82) is 0 Å². The number of piperidine rings is 2. The van der Waals surface area contributed by atoms with E-state index in [1.54, 1.807) is 31.2 Å². The topological polar surface area (TPSA) is 95.4 Å². The number of hydrogen-bond donors (Lipinski definition) is 0. The van der Waals surface area contributed by atoms with E-state index in [2.05, 4.69) is 16.8 Å². The highest BCUT2D eigenvalue weighted by Crippen LogP contribution is 2.43. The molecule has 1 amide bonds. The molecule has 2 aliphatic rings. The highest BCUT2D eigenvalue weighted by Gasteiger charge is 2.30. The number of carbonyl (C=O) groups is 1. The van der Waals surface area contributed by atoms with E-state index in [0.29, 0.717) is 35.1 Å². The van der Waals surface area contributed by atoms with Gasteiger partial charge in [0.1, 0.15) is 11.7 Å². The minimum atomic E-state index is -0.467. The first-order valence-electron chi connectivity index (χ1n) is 16.7. The van der Waals surface area contributed by atoms with E-state index >= 15 is 0 Å². The van der Waals surface area contributed by atoms with Crippen LogP contribution in [0.3, 0.4) is 0 Å². The maximum absolute atomic E-state index is 13.2. The molecule has 0 unspecified atom stereocenters. The molecule has 3 aromatic rings. The fourth-order valence-electron chi connectivity index (χ4n) is 6.48. The number of amides is 1. The van der Waals surface area contributed by atoms with E-state index < -0.39 is 5.60 Å². The van der Waals surface area contributed by atoms with Crippen molar-refractivity contribution < 1.29 is 23.7 Å². The van der Waals surface area contributed by atoms with Gasteiger partial charge in [0.25, 0.3) is 5.56 Å². The minimum Gasteiger partial charge on any atom is -0.493 e. The fourth-order valence-corrected chi connectivity index (χ4v) is 6.48. The van der Waals surface area contributed by atoms with Crippen LogP contribution in [0.2, 0.25) is 0 Å². The molecule has 0 atom stereocenters. The number of aromatic nitrogens is 2. The van der Waals surface area contributed by atoms with Gasteiger partial charge < -0.3 is 33.3 Å². The Hall–Kier alpha value is -3.79. The van der Waals surface area contributed by atoms with E-state index in [-0.39, 0.29) is 17.8 Å². The Labute approximate surface area is 272 Å². The maximum atomic E-state index is 13.2. The van der Waals surface area contributed by atoms with Gasteiger partial charge in [0.15, 0.2) is 11.5 Å². The quantitative estimate of drug-likeness (QED) is 0.254. The first-order valence-corrected chi connectivity index (χ1v) is 16.7. The summed E-state index contributed by atoms with van der Waals surface area (Å²) < 4.78 is 25.7. The molecule has 0 bridgehead atoms. The van der Waals surface area contributed by atoms with Gasteiger partial charge in [-0.2, -0.15) is 0 Å². The average Bonchev–Trinajstić information content (AvgIpc) is 3.05. The van der Waals surface area contributed by atoms with Crippen LogP contribution in [-0.2, 0) is 11.3 Å². The molecule has 10 heteroatoms. The summed E-state index contributed by atoms with van der Waals surface area (Å²) in [7, 11) is 3.29. The Morgan fingerprint density at radius 3 is 2.26 bits per heavy atom. The second-order valence-electron chi connectivity index (χ2n) is 13.6. The van der Waals surface area contributed by atoms with E-state index in [1.807, 2.05) is 50.1 Å². The number of nitrogens with zero attached hydrogens (tertiary/aromatic N) is 4. The van der Waals surface area contributed by atoms with Gasteiger partial charge in [0, 0.05) is 63.4 Å². The van der Waals surface area contributed by atoms with Crippen molar-refractivity contribution in [3.05, 3.63) is 47.1 Å². The average molecular weight is 635 g/mol. The third-order valence-corrected chi connectivity index (χ3v) is 9.01. The smallest absolute Gasteiger partial charge is 0.410 e. The van der Waals surface area contributed by atoms with Crippen LogP contribution >= 0.6 is 0 Å². The molecule has 10 nitrogen and oxygen atoms in total. The first kappa shape index (κ1) is 33.6. The zero-order chi connectivity index (χ0) is 32.8. The van der Waals surface area contributed by atoms with Crippen molar-refractivity contribution in [2.24, 2.45) is 5.92 Å². The number of aryl methyl sites for hydroxylation is 1. The normalized spacial score (nSPS) is 16.9. The van der Waals surface area contributed by atoms with Crippen LogP contribution in [-0.4, -0.2) is 84.1 Å². The van der Waals surface area contributed by atoms with Gasteiger partial charge >= 0.3 is 6.09 Å². The lowest BCUT2D eigenvalue weighted by molar-refractivity contribution is 0.0155. The molecule has 46 heavy (non-hydrogen) atoms. The standard InChI is InChI=1S/C36H50N4O6/c1-7-8-15-40-24-30(28-9-14-37-22-29(28)34(40)41)26-20-31(43-5)33(32(21-26)44-6)45-27-12-16-38(17-13-27)23-25-10-18-39(19-11-25)35(42)46-36(2,3)4/h9,14,20-22,24-25,27H,7-8,10-13,15-19,23H2,1-6H3. The summed E-state index contributed by atoms with van der Waals surface area (Å²) in [5, 5.41) is 1.43. The molecule has 1 aromatic carbocycles. The molecule has 0 spiro atoms. The minimum absolute atomic E-state index is 0.0308. The van der Waals surface area contributed by atoms with E-state index in [1.165, 1.54) is 0 Å². The number of unbranched alkanes of at least 4 members (excludes halogenated alkanes) is 1. The van der Waals surface area contributed by atoms with Crippen LogP contribution in [0.1, 0.15) is 66.2 Å². The third kappa shape index (κ3) is 7.94. The number of ether oxygens (including phenoxy) is 4. The molecule has 5 rings (SSSR count). The number of pyridine rings is 2. The molecule has 2 fully saturated rings. The predicted octanol–water partition coefficient (Wildman–Crippen LogP) is 6.37. The van der Waals surface area contributed by atoms with Crippen LogP contribution in [0.4, 0.5) is 4.79 Å². The molecule has 0 aliphatic carbocycles. The highest BCUT2D eigenvalue weighted by atomic mass is 16.6. The van der Waals surface area contributed by atoms with Gasteiger partial charge in [-0.15, -0.1) is 0 Å². The monoisotopic (exact) mass is 634 g/mol. The number of likely N-dealkylation sites (tertiary alicyclic amines) is 2. The second-order valence-corrected chi connectivity index (χ2v) is 13.6. The molecule has 2 aliphatic heterocycles. The van der Waals surface area contributed by atoms with Gasteiger partial charge in [-0.05, 0) is 87.9 Å². The highest BCUT2D eigenvalue weighted by molar-refractivity contribution is 5.96. The van der Waals surface area contributed by atoms with Crippen LogP contribution in [0.15, 0.2) is 41.6 Å². The van der Waals surface area contributed by atoms with E-state index in [0.717, 1.165) is 87.8 Å². The summed E-state index contributed by atoms with van der Waals surface area (Å²) >= 11 is 0. The summed E-state index contributed by atoms with van der Waals surface area (Å²) in [6.45, 7) is 12.9. The van der Waals surface area contributed by atoms with Gasteiger partial charge in [0.2, 0.25) is 5.75 Å². The third-order valence-electron chi connectivity index (χ3n) is 9.01. The van der Waals surface area contributed by atoms with Crippen molar-refractivity contribution in [3.63, 3.8) is 0 Å². The maximum Gasteiger partial charge on any atom is 0.410 e. The Morgan fingerprint density at radius 2 is 1.65 bits per heavy atom. The van der Waals surface area contributed by atoms with E-state index in [4.69, 9.17) is 18.9 Å². The predicted molar refractivity (Wildman–Crippen MR) is 180 cm³/mol. The van der Waals surface area contributed by atoms with Crippen molar-refractivity contribution in [1.82, 2.24) is 19.4 Å². The Balaban J connectivity index is 1.24. The zero-order valence-electron chi connectivity index (χ0n) is 28.3. The summed E-state index contributed by atoms with van der Waals surface area (Å²) in [5.74, 6) is 2.38. The summed E-state index contributed by atoms with van der Waals surface area (Å²) in [4.78, 5) is 34.2. The molecule has 4 heterocycles.